The van der Waals surface area contributed by atoms with E-state index in [1.807, 2.05) is 12.1 Å². The highest BCUT2D eigenvalue weighted by atomic mass is 32.1. The Hall–Kier alpha value is -0.315. The van der Waals surface area contributed by atoms with E-state index in [0.717, 1.165) is 6.42 Å². The quantitative estimate of drug-likeness (QED) is 0.268. The minimum atomic E-state index is -1.31. The smallest absolute Gasteiger partial charge is 0.423 e. The van der Waals surface area contributed by atoms with Gasteiger partial charge >= 0.3 is 7.12 Å². The highest BCUT2D eigenvalue weighted by Crippen LogP contribution is 2.15. The van der Waals surface area contributed by atoms with E-state index in [0.29, 0.717) is 4.78 Å². The molecule has 2 nitrogen and oxygen atoms in total. The van der Waals surface area contributed by atoms with Gasteiger partial charge in [0.1, 0.15) is 0 Å². The summed E-state index contributed by atoms with van der Waals surface area (Å²) in [7, 11) is -1.31. The molecule has 4 heteroatoms. The number of thiophene rings is 1. The highest BCUT2D eigenvalue weighted by Gasteiger charge is 2.13. The van der Waals surface area contributed by atoms with Crippen LogP contribution < -0.4 is 4.78 Å². The number of hydrogen-bond acceptors (Lipinski definition) is 3. The first kappa shape index (κ1) is 22.7. The molecule has 0 unspecified atom stereocenters. The molecule has 0 saturated heterocycles. The minimum Gasteiger partial charge on any atom is -0.423 e. The molecule has 0 spiro atoms. The van der Waals surface area contributed by atoms with Crippen LogP contribution in [0.2, 0.25) is 0 Å². The van der Waals surface area contributed by atoms with Crippen molar-refractivity contribution in [3.8, 4) is 0 Å². The number of hydrogen-bond donors (Lipinski definition) is 2. The second-order valence-corrected chi connectivity index (χ2v) is 8.58. The molecule has 1 rings (SSSR count). The Morgan fingerprint density at radius 2 is 1.12 bits per heavy atom. The lowest BCUT2D eigenvalue weighted by atomic mass is 9.90. The summed E-state index contributed by atoms with van der Waals surface area (Å²) in [5, 5.41) is 18.2. The Morgan fingerprint density at radius 1 is 0.680 bits per heavy atom. The van der Waals surface area contributed by atoms with Crippen molar-refractivity contribution in [2.45, 2.75) is 110 Å². The van der Waals surface area contributed by atoms with Crippen molar-refractivity contribution in [3.63, 3.8) is 0 Å². The molecule has 0 aromatic carbocycles. The van der Waals surface area contributed by atoms with Gasteiger partial charge < -0.3 is 10.0 Å². The molecule has 0 atom stereocenters. The van der Waals surface area contributed by atoms with E-state index in [1.165, 1.54) is 113 Å². The molecule has 0 fully saturated rings. The van der Waals surface area contributed by atoms with Crippen molar-refractivity contribution in [1.29, 1.82) is 0 Å². The van der Waals surface area contributed by atoms with E-state index in [2.05, 4.69) is 6.92 Å². The predicted molar refractivity (Wildman–Crippen MR) is 113 cm³/mol. The Balaban J connectivity index is 1.78. The summed E-state index contributed by atoms with van der Waals surface area (Å²) in [5.74, 6) is 0. The molecule has 1 heterocycles. The maximum absolute atomic E-state index is 9.11. The topological polar surface area (TPSA) is 40.5 Å². The van der Waals surface area contributed by atoms with E-state index in [1.54, 1.807) is 0 Å². The van der Waals surface area contributed by atoms with Crippen molar-refractivity contribution in [1.82, 2.24) is 0 Å². The Bertz CT molecular complexity index is 406. The summed E-state index contributed by atoms with van der Waals surface area (Å²) in [4.78, 5) is 1.28. The van der Waals surface area contributed by atoms with E-state index in [-0.39, 0.29) is 0 Å². The Labute approximate surface area is 160 Å². The molecule has 2 N–H and O–H groups in total. The molecule has 0 saturated carbocycles. The monoisotopic (exact) mass is 366 g/mol. The Kier molecular flexibility index (Phi) is 14.5. The summed E-state index contributed by atoms with van der Waals surface area (Å²) in [6, 6.07) is 3.86. The predicted octanol–water partition coefficient (Wildman–Crippen LogP) is 5.84. The lowest BCUT2D eigenvalue weighted by Crippen LogP contribution is -2.26. The lowest BCUT2D eigenvalue weighted by Gasteiger charge is -2.03. The average molecular weight is 366 g/mol. The normalized spacial score (nSPS) is 11.2. The van der Waals surface area contributed by atoms with Gasteiger partial charge in [0.2, 0.25) is 0 Å². The van der Waals surface area contributed by atoms with Gasteiger partial charge in [-0.1, -0.05) is 103 Å². The van der Waals surface area contributed by atoms with Crippen molar-refractivity contribution >= 4 is 23.2 Å². The highest BCUT2D eigenvalue weighted by molar-refractivity contribution is 7.22. The van der Waals surface area contributed by atoms with Crippen LogP contribution >= 0.6 is 11.3 Å². The molecule has 0 radical (unpaired) electrons. The summed E-state index contributed by atoms with van der Waals surface area (Å²) in [6.07, 6.45) is 22.0. The molecule has 0 aliphatic carbocycles. The van der Waals surface area contributed by atoms with Crippen molar-refractivity contribution in [3.05, 3.63) is 17.0 Å². The molecule has 0 aliphatic rings. The summed E-state index contributed by atoms with van der Waals surface area (Å²) in [5.41, 5.74) is 0. The number of rotatable bonds is 17. The molecule has 0 aliphatic heterocycles. The van der Waals surface area contributed by atoms with E-state index in [9.17, 15) is 0 Å². The van der Waals surface area contributed by atoms with Crippen LogP contribution in [-0.2, 0) is 6.42 Å². The van der Waals surface area contributed by atoms with Gasteiger partial charge in [-0.3, -0.25) is 0 Å². The summed E-state index contributed by atoms with van der Waals surface area (Å²) in [6.45, 7) is 2.28. The van der Waals surface area contributed by atoms with Crippen LogP contribution in [0.3, 0.4) is 0 Å². The van der Waals surface area contributed by atoms with Crippen LogP contribution in [0.1, 0.15) is 108 Å². The molecule has 25 heavy (non-hydrogen) atoms. The molecule has 1 aromatic rings. The van der Waals surface area contributed by atoms with Crippen molar-refractivity contribution in [2.24, 2.45) is 0 Å². The van der Waals surface area contributed by atoms with Crippen molar-refractivity contribution < 1.29 is 10.0 Å². The summed E-state index contributed by atoms with van der Waals surface area (Å²) >= 11 is 1.53. The third-order valence-corrected chi connectivity index (χ3v) is 6.15. The number of unbranched alkanes of at least 4 members (excludes halogenated alkanes) is 14. The van der Waals surface area contributed by atoms with Gasteiger partial charge in [-0.25, -0.2) is 0 Å². The van der Waals surface area contributed by atoms with Gasteiger partial charge in [0.15, 0.2) is 0 Å². The van der Waals surface area contributed by atoms with Gasteiger partial charge in [0.05, 0.1) is 0 Å². The number of aryl methyl sites for hydroxylation is 1. The second kappa shape index (κ2) is 15.9. The molecule has 0 bridgehead atoms. The summed E-state index contributed by atoms with van der Waals surface area (Å²) < 4.78 is 0.663. The fourth-order valence-corrected chi connectivity index (χ4v) is 4.26. The molecule has 1 aromatic heterocycles. The van der Waals surface area contributed by atoms with Gasteiger partial charge in [0, 0.05) is 9.65 Å². The van der Waals surface area contributed by atoms with Crippen LogP contribution in [0.5, 0.6) is 0 Å². The first-order chi connectivity index (χ1) is 12.2. The molecular weight excluding hydrogens is 327 g/mol. The van der Waals surface area contributed by atoms with E-state index < -0.39 is 7.12 Å². The molecule has 0 amide bonds. The molecule has 144 valence electrons. The zero-order valence-corrected chi connectivity index (χ0v) is 17.2. The fourth-order valence-electron chi connectivity index (χ4n) is 3.34. The minimum absolute atomic E-state index is 0.663. The van der Waals surface area contributed by atoms with Gasteiger partial charge in [-0.2, -0.15) is 0 Å². The fraction of sp³-hybridized carbons (Fsp3) is 0.810. The standard InChI is InChI=1S/C21H39BO2S/c1-2-3-4-5-6-7-8-9-10-11-12-13-14-15-16-17-20-18-19-21(25-20)22(23)24/h18-19,23-24H,2-17H2,1H3. The van der Waals surface area contributed by atoms with Crippen LogP contribution in [0, 0.1) is 0 Å². The van der Waals surface area contributed by atoms with Crippen LogP contribution in [0.15, 0.2) is 12.1 Å². The second-order valence-electron chi connectivity index (χ2n) is 7.38. The van der Waals surface area contributed by atoms with Crippen LogP contribution in [0.25, 0.3) is 0 Å². The van der Waals surface area contributed by atoms with Crippen LogP contribution in [-0.4, -0.2) is 17.2 Å². The zero-order valence-electron chi connectivity index (χ0n) is 16.3. The van der Waals surface area contributed by atoms with Gasteiger partial charge in [-0.15, -0.1) is 11.3 Å². The lowest BCUT2D eigenvalue weighted by molar-refractivity contribution is 0.427. The molecular formula is C21H39BO2S. The Morgan fingerprint density at radius 3 is 1.52 bits per heavy atom. The third-order valence-electron chi connectivity index (χ3n) is 4.96. The van der Waals surface area contributed by atoms with E-state index in [4.69, 9.17) is 10.0 Å². The van der Waals surface area contributed by atoms with E-state index >= 15 is 0 Å². The zero-order chi connectivity index (χ0) is 18.2. The van der Waals surface area contributed by atoms with Gasteiger partial charge in [-0.05, 0) is 18.9 Å². The van der Waals surface area contributed by atoms with Gasteiger partial charge in [0.25, 0.3) is 0 Å². The maximum atomic E-state index is 9.11. The SMILES string of the molecule is CCCCCCCCCCCCCCCCCc1ccc(B(O)O)s1. The first-order valence-corrected chi connectivity index (χ1v) is 11.5. The first-order valence-electron chi connectivity index (χ1n) is 10.7. The third kappa shape index (κ3) is 12.6. The largest absolute Gasteiger partial charge is 0.499 e. The van der Waals surface area contributed by atoms with Crippen molar-refractivity contribution in [2.75, 3.05) is 0 Å². The average Bonchev–Trinajstić information content (AvgIpc) is 3.07. The maximum Gasteiger partial charge on any atom is 0.499 e. The van der Waals surface area contributed by atoms with Crippen LogP contribution in [0.4, 0.5) is 0 Å².